The first kappa shape index (κ1) is 10.3. The molecular weight excluding hydrogens is 212 g/mol. The first-order valence-electron chi connectivity index (χ1n) is 6.09. The SMILES string of the molecule is Nc1cc(-c2cnn(C3CCCC3)c2)ccn1. The number of hydrogen-bond donors (Lipinski definition) is 1. The average molecular weight is 228 g/mol. The topological polar surface area (TPSA) is 56.7 Å². The minimum atomic E-state index is 0.552. The zero-order valence-corrected chi connectivity index (χ0v) is 9.71. The smallest absolute Gasteiger partial charge is 0.123 e. The van der Waals surface area contributed by atoms with Gasteiger partial charge in [-0.3, -0.25) is 4.68 Å². The molecule has 1 saturated carbocycles. The van der Waals surface area contributed by atoms with Crippen molar-refractivity contribution in [3.63, 3.8) is 0 Å². The largest absolute Gasteiger partial charge is 0.384 e. The summed E-state index contributed by atoms with van der Waals surface area (Å²) in [6.45, 7) is 0. The predicted octanol–water partition coefficient (Wildman–Crippen LogP) is 2.64. The Bertz CT molecular complexity index is 512. The number of nitrogens with two attached hydrogens (primary N) is 1. The van der Waals surface area contributed by atoms with E-state index in [0.29, 0.717) is 11.9 Å². The molecule has 4 heteroatoms. The van der Waals surface area contributed by atoms with Gasteiger partial charge >= 0.3 is 0 Å². The van der Waals surface area contributed by atoms with E-state index in [1.165, 1.54) is 25.7 Å². The highest BCUT2D eigenvalue weighted by Crippen LogP contribution is 2.30. The van der Waals surface area contributed by atoms with E-state index in [1.807, 2.05) is 18.3 Å². The van der Waals surface area contributed by atoms with Gasteiger partial charge in [0.05, 0.1) is 12.2 Å². The number of pyridine rings is 1. The van der Waals surface area contributed by atoms with Crippen molar-refractivity contribution in [2.45, 2.75) is 31.7 Å². The van der Waals surface area contributed by atoms with Gasteiger partial charge in [-0.25, -0.2) is 4.98 Å². The van der Waals surface area contributed by atoms with Crippen LogP contribution in [0.3, 0.4) is 0 Å². The lowest BCUT2D eigenvalue weighted by Gasteiger charge is -2.08. The summed E-state index contributed by atoms with van der Waals surface area (Å²) in [5.41, 5.74) is 7.89. The molecular formula is C13H16N4. The summed E-state index contributed by atoms with van der Waals surface area (Å²) in [5, 5.41) is 4.46. The lowest BCUT2D eigenvalue weighted by atomic mass is 10.1. The van der Waals surface area contributed by atoms with Gasteiger partial charge < -0.3 is 5.73 Å². The maximum Gasteiger partial charge on any atom is 0.123 e. The second kappa shape index (κ2) is 4.20. The van der Waals surface area contributed by atoms with Crippen LogP contribution in [0.5, 0.6) is 0 Å². The summed E-state index contributed by atoms with van der Waals surface area (Å²) in [7, 11) is 0. The molecule has 1 aliphatic rings. The Kier molecular flexibility index (Phi) is 2.55. The van der Waals surface area contributed by atoms with Gasteiger partial charge in [0.25, 0.3) is 0 Å². The van der Waals surface area contributed by atoms with Crippen molar-refractivity contribution in [3.8, 4) is 11.1 Å². The first-order valence-corrected chi connectivity index (χ1v) is 6.09. The molecule has 2 aromatic heterocycles. The molecule has 0 atom stereocenters. The van der Waals surface area contributed by atoms with E-state index in [0.717, 1.165) is 11.1 Å². The van der Waals surface area contributed by atoms with E-state index < -0.39 is 0 Å². The van der Waals surface area contributed by atoms with Crippen molar-refractivity contribution < 1.29 is 0 Å². The van der Waals surface area contributed by atoms with E-state index in [1.54, 1.807) is 6.20 Å². The van der Waals surface area contributed by atoms with Crippen LogP contribution in [-0.2, 0) is 0 Å². The van der Waals surface area contributed by atoms with Gasteiger partial charge in [-0.15, -0.1) is 0 Å². The van der Waals surface area contributed by atoms with Gasteiger partial charge in [0, 0.05) is 18.0 Å². The second-order valence-corrected chi connectivity index (χ2v) is 4.62. The average Bonchev–Trinajstić information content (AvgIpc) is 3.00. The van der Waals surface area contributed by atoms with Crippen LogP contribution in [-0.4, -0.2) is 14.8 Å². The van der Waals surface area contributed by atoms with Crippen molar-refractivity contribution in [2.75, 3.05) is 5.73 Å². The summed E-state index contributed by atoms with van der Waals surface area (Å²) in [6, 6.07) is 4.44. The number of aromatic nitrogens is 3. The van der Waals surface area contributed by atoms with Crippen LogP contribution in [0.25, 0.3) is 11.1 Å². The van der Waals surface area contributed by atoms with Crippen molar-refractivity contribution in [3.05, 3.63) is 30.7 Å². The van der Waals surface area contributed by atoms with Crippen LogP contribution >= 0.6 is 0 Å². The highest BCUT2D eigenvalue weighted by Gasteiger charge is 2.17. The summed E-state index contributed by atoms with van der Waals surface area (Å²) in [5.74, 6) is 0.552. The van der Waals surface area contributed by atoms with Gasteiger partial charge in [0.1, 0.15) is 5.82 Å². The maximum atomic E-state index is 5.69. The molecule has 1 aliphatic carbocycles. The van der Waals surface area contributed by atoms with E-state index in [-0.39, 0.29) is 0 Å². The standard InChI is InChI=1S/C13H16N4/c14-13-7-10(5-6-15-13)11-8-16-17(9-11)12-3-1-2-4-12/h5-9,12H,1-4H2,(H2,14,15). The molecule has 4 nitrogen and oxygen atoms in total. The number of rotatable bonds is 2. The molecule has 0 radical (unpaired) electrons. The minimum Gasteiger partial charge on any atom is -0.384 e. The van der Waals surface area contributed by atoms with Gasteiger partial charge in [-0.2, -0.15) is 5.10 Å². The van der Waals surface area contributed by atoms with Crippen molar-refractivity contribution in [1.82, 2.24) is 14.8 Å². The van der Waals surface area contributed by atoms with Gasteiger partial charge in [-0.05, 0) is 30.5 Å². The van der Waals surface area contributed by atoms with Gasteiger partial charge in [0.15, 0.2) is 0 Å². The predicted molar refractivity (Wildman–Crippen MR) is 67.4 cm³/mol. The third kappa shape index (κ3) is 2.02. The maximum absolute atomic E-state index is 5.69. The monoisotopic (exact) mass is 228 g/mol. The molecule has 0 unspecified atom stereocenters. The molecule has 17 heavy (non-hydrogen) atoms. The molecule has 0 aromatic carbocycles. The Morgan fingerprint density at radius 2 is 2.06 bits per heavy atom. The molecule has 2 heterocycles. The molecule has 0 saturated heterocycles. The van der Waals surface area contributed by atoms with E-state index in [2.05, 4.69) is 21.0 Å². The molecule has 1 fully saturated rings. The van der Waals surface area contributed by atoms with Gasteiger partial charge in [-0.1, -0.05) is 12.8 Å². The zero-order valence-electron chi connectivity index (χ0n) is 9.71. The molecule has 0 amide bonds. The van der Waals surface area contributed by atoms with Crippen molar-refractivity contribution in [2.24, 2.45) is 0 Å². The second-order valence-electron chi connectivity index (χ2n) is 4.62. The van der Waals surface area contributed by atoms with Crippen LogP contribution in [0.15, 0.2) is 30.7 Å². The highest BCUT2D eigenvalue weighted by atomic mass is 15.3. The molecule has 0 aliphatic heterocycles. The summed E-state index contributed by atoms with van der Waals surface area (Å²) < 4.78 is 2.10. The Morgan fingerprint density at radius 3 is 2.82 bits per heavy atom. The van der Waals surface area contributed by atoms with Crippen LogP contribution in [0, 0.1) is 0 Å². The van der Waals surface area contributed by atoms with Crippen LogP contribution < -0.4 is 5.73 Å². The number of hydrogen-bond acceptors (Lipinski definition) is 3. The van der Waals surface area contributed by atoms with Crippen molar-refractivity contribution >= 4 is 5.82 Å². The minimum absolute atomic E-state index is 0.552. The zero-order chi connectivity index (χ0) is 11.7. The third-order valence-electron chi connectivity index (χ3n) is 3.41. The summed E-state index contributed by atoms with van der Waals surface area (Å²) in [6.07, 6.45) is 10.9. The Labute approximate surface area is 100 Å². The fourth-order valence-corrected chi connectivity index (χ4v) is 2.48. The Balaban J connectivity index is 1.89. The van der Waals surface area contributed by atoms with E-state index >= 15 is 0 Å². The number of nitrogen functional groups attached to an aromatic ring is 1. The fourth-order valence-electron chi connectivity index (χ4n) is 2.48. The normalized spacial score (nSPS) is 16.5. The number of nitrogens with zero attached hydrogens (tertiary/aromatic N) is 3. The lowest BCUT2D eigenvalue weighted by molar-refractivity contribution is 0.467. The third-order valence-corrected chi connectivity index (χ3v) is 3.41. The first-order chi connectivity index (χ1) is 8.33. The van der Waals surface area contributed by atoms with Crippen LogP contribution in [0.4, 0.5) is 5.82 Å². The van der Waals surface area contributed by atoms with Crippen LogP contribution in [0.1, 0.15) is 31.7 Å². The van der Waals surface area contributed by atoms with Gasteiger partial charge in [0.2, 0.25) is 0 Å². The molecule has 3 rings (SSSR count). The Hall–Kier alpha value is -1.84. The quantitative estimate of drug-likeness (QED) is 0.859. The van der Waals surface area contributed by atoms with Crippen molar-refractivity contribution in [1.29, 1.82) is 0 Å². The van der Waals surface area contributed by atoms with E-state index in [4.69, 9.17) is 5.73 Å². The summed E-state index contributed by atoms with van der Waals surface area (Å²) >= 11 is 0. The molecule has 88 valence electrons. The molecule has 2 aromatic rings. The fraction of sp³-hybridized carbons (Fsp3) is 0.385. The molecule has 0 bridgehead atoms. The molecule has 0 spiro atoms. The molecule has 2 N–H and O–H groups in total. The number of anilines is 1. The van der Waals surface area contributed by atoms with E-state index in [9.17, 15) is 0 Å². The summed E-state index contributed by atoms with van der Waals surface area (Å²) in [4.78, 5) is 4.00. The van der Waals surface area contributed by atoms with Crippen LogP contribution in [0.2, 0.25) is 0 Å². The highest BCUT2D eigenvalue weighted by molar-refractivity contribution is 5.64. The Morgan fingerprint density at radius 1 is 1.24 bits per heavy atom. The lowest BCUT2D eigenvalue weighted by Crippen LogP contribution is -2.04.